The van der Waals surface area contributed by atoms with Gasteiger partial charge in [-0.05, 0) is 77.0 Å². The lowest BCUT2D eigenvalue weighted by molar-refractivity contribution is -0.154. The average Bonchev–Trinajstić information content (AvgIpc) is 3.03. The number of hydrogen-bond acceptors (Lipinski definition) is 4. The van der Waals surface area contributed by atoms with E-state index in [1.807, 2.05) is 0 Å². The van der Waals surface area contributed by atoms with Gasteiger partial charge in [-0.1, -0.05) is 127 Å². The summed E-state index contributed by atoms with van der Waals surface area (Å²) >= 11 is 0. The second-order valence-electron chi connectivity index (χ2n) is 12.4. The normalized spacial score (nSPS) is 11.9. The molecule has 0 aliphatic carbocycles. The molecule has 2 N–H and O–H groups in total. The molecule has 0 atom stereocenters. The highest BCUT2D eigenvalue weighted by molar-refractivity contribution is 6.11. The second kappa shape index (κ2) is 33.6. The van der Waals surface area contributed by atoms with Crippen molar-refractivity contribution >= 4 is 23.6 Å². The zero-order valence-electron chi connectivity index (χ0n) is 29.7. The number of carbonyl (C=O) groups is 4. The molecule has 0 spiro atoms. The van der Waals surface area contributed by atoms with Crippen molar-refractivity contribution in [2.45, 2.75) is 181 Å². The van der Waals surface area contributed by atoms with Crippen LogP contribution in [-0.2, 0) is 19.2 Å². The fourth-order valence-corrected chi connectivity index (χ4v) is 5.16. The van der Waals surface area contributed by atoms with Gasteiger partial charge >= 0.3 is 0 Å². The monoisotopic (exact) mass is 641 g/mol. The van der Waals surface area contributed by atoms with E-state index in [-0.39, 0.29) is 25.7 Å². The maximum absolute atomic E-state index is 12.9. The lowest BCUT2D eigenvalue weighted by Gasteiger charge is -2.19. The van der Waals surface area contributed by atoms with Gasteiger partial charge in [0.15, 0.2) is 0 Å². The first-order valence-electron chi connectivity index (χ1n) is 18.7. The molecule has 0 rings (SSSR count). The molecule has 0 aromatic carbocycles. The maximum atomic E-state index is 12.9. The van der Waals surface area contributed by atoms with Crippen LogP contribution in [0.2, 0.25) is 0 Å². The lowest BCUT2D eigenvalue weighted by Crippen LogP contribution is -2.42. The molecule has 0 bridgehead atoms. The van der Waals surface area contributed by atoms with E-state index in [1.54, 1.807) is 0 Å². The van der Waals surface area contributed by atoms with Crippen LogP contribution in [0.1, 0.15) is 181 Å². The summed E-state index contributed by atoms with van der Waals surface area (Å²) in [7, 11) is 0. The van der Waals surface area contributed by atoms with E-state index < -0.39 is 23.6 Å². The number of carbonyl (C=O) groups excluding carboxylic acids is 4. The van der Waals surface area contributed by atoms with Gasteiger partial charge in [0.25, 0.3) is 0 Å². The van der Waals surface area contributed by atoms with Crippen molar-refractivity contribution in [2.24, 2.45) is 5.73 Å². The highest BCUT2D eigenvalue weighted by atomic mass is 16.2. The Labute approximate surface area is 282 Å². The molecule has 6 nitrogen and oxygen atoms in total. The molecule has 0 fully saturated rings. The predicted molar refractivity (Wildman–Crippen MR) is 194 cm³/mol. The summed E-state index contributed by atoms with van der Waals surface area (Å²) in [6.45, 7) is 4.45. The molecule has 6 heteroatoms. The summed E-state index contributed by atoms with van der Waals surface area (Å²) in [6, 6.07) is 0. The smallest absolute Gasteiger partial charge is 0.236 e. The number of rotatable bonds is 31. The fraction of sp³-hybridized carbons (Fsp3) is 0.700. The van der Waals surface area contributed by atoms with Crippen molar-refractivity contribution in [1.82, 2.24) is 4.90 Å². The molecule has 0 heterocycles. The van der Waals surface area contributed by atoms with Crippen molar-refractivity contribution in [3.05, 3.63) is 48.6 Å². The van der Waals surface area contributed by atoms with Gasteiger partial charge < -0.3 is 5.73 Å². The highest BCUT2D eigenvalue weighted by Crippen LogP contribution is 2.14. The zero-order valence-corrected chi connectivity index (χ0v) is 29.7. The molecular weight excluding hydrogens is 572 g/mol. The standard InChI is InChI=1S/C40H68N2O4/c1-3-5-7-9-11-13-15-17-19-21-23-25-27-29-31-33-38(44)42(40(46)36-35-37(41)43)39(45)34-32-30-28-26-24-22-20-18-16-14-12-10-8-6-4-2/h11-14,17-20H,3-10,15-16,21-36H2,1-2H3,(H2,41,43)/b13-11-,14-12-,19-17-,20-18-. The number of amides is 4. The predicted octanol–water partition coefficient (Wildman–Crippen LogP) is 10.8. The van der Waals surface area contributed by atoms with Gasteiger partial charge in [0.1, 0.15) is 0 Å². The number of nitrogens with two attached hydrogens (primary N) is 1. The van der Waals surface area contributed by atoms with Crippen molar-refractivity contribution in [3.8, 4) is 0 Å². The molecule has 0 saturated carbocycles. The van der Waals surface area contributed by atoms with E-state index >= 15 is 0 Å². The van der Waals surface area contributed by atoms with Gasteiger partial charge in [-0.15, -0.1) is 0 Å². The van der Waals surface area contributed by atoms with E-state index in [0.717, 1.165) is 81.9 Å². The lowest BCUT2D eigenvalue weighted by atomic mass is 10.1. The Morgan fingerprint density at radius 2 is 0.739 bits per heavy atom. The number of hydrogen-bond donors (Lipinski definition) is 1. The zero-order chi connectivity index (χ0) is 33.9. The number of allylic oxidation sites excluding steroid dienone is 8. The quantitative estimate of drug-likeness (QED) is 0.0602. The molecular formula is C40H68N2O4. The van der Waals surface area contributed by atoms with E-state index in [2.05, 4.69) is 62.5 Å². The van der Waals surface area contributed by atoms with Crippen LogP contribution in [0.3, 0.4) is 0 Å². The van der Waals surface area contributed by atoms with Gasteiger partial charge in [0.2, 0.25) is 23.6 Å². The first-order valence-corrected chi connectivity index (χ1v) is 18.7. The summed E-state index contributed by atoms with van der Waals surface area (Å²) in [5, 5.41) is 0. The second-order valence-corrected chi connectivity index (χ2v) is 12.4. The molecule has 0 unspecified atom stereocenters. The molecule has 46 heavy (non-hydrogen) atoms. The third kappa shape index (κ3) is 28.7. The Hall–Kier alpha value is -2.76. The van der Waals surface area contributed by atoms with E-state index in [4.69, 9.17) is 5.73 Å². The molecule has 0 aliphatic rings. The number of primary amides is 1. The molecule has 262 valence electrons. The average molecular weight is 641 g/mol. The van der Waals surface area contributed by atoms with Crippen LogP contribution in [0.25, 0.3) is 0 Å². The Morgan fingerprint density at radius 1 is 0.413 bits per heavy atom. The summed E-state index contributed by atoms with van der Waals surface area (Å²) in [5.74, 6) is -2.13. The van der Waals surface area contributed by atoms with Gasteiger partial charge in [-0.25, -0.2) is 4.90 Å². The minimum atomic E-state index is -0.615. The SMILES string of the molecule is CCCCC/C=C\C/C=C\CCCCCCCC(=O)N(C(=O)CCCCCCC/C=C\C/C=C\CCCCC)C(=O)CCC(N)=O. The molecule has 0 aromatic rings. The topological polar surface area (TPSA) is 97.5 Å². The van der Waals surface area contributed by atoms with Crippen LogP contribution in [0, 0.1) is 0 Å². The first kappa shape index (κ1) is 43.2. The number of unbranched alkanes of at least 4 members (excludes halogenated alkanes) is 16. The summed E-state index contributed by atoms with van der Waals surface area (Å²) in [6.07, 6.45) is 41.6. The Bertz CT molecular complexity index is 845. The van der Waals surface area contributed by atoms with Crippen LogP contribution in [0.15, 0.2) is 48.6 Å². The van der Waals surface area contributed by atoms with Gasteiger partial charge in [-0.2, -0.15) is 0 Å². The van der Waals surface area contributed by atoms with Crippen LogP contribution in [0.5, 0.6) is 0 Å². The minimum Gasteiger partial charge on any atom is -0.370 e. The summed E-state index contributed by atoms with van der Waals surface area (Å²) in [5.41, 5.74) is 5.20. The third-order valence-electron chi connectivity index (χ3n) is 8.02. The van der Waals surface area contributed by atoms with Gasteiger partial charge in [0.05, 0.1) is 0 Å². The van der Waals surface area contributed by atoms with E-state index in [0.29, 0.717) is 12.8 Å². The Morgan fingerprint density at radius 3 is 1.11 bits per heavy atom. The largest absolute Gasteiger partial charge is 0.370 e. The first-order chi connectivity index (χ1) is 22.4. The highest BCUT2D eigenvalue weighted by Gasteiger charge is 2.27. The maximum Gasteiger partial charge on any atom is 0.236 e. The van der Waals surface area contributed by atoms with Crippen LogP contribution in [0.4, 0.5) is 0 Å². The number of nitrogens with zero attached hydrogens (tertiary/aromatic N) is 1. The summed E-state index contributed by atoms with van der Waals surface area (Å²) in [4.78, 5) is 50.5. The number of imide groups is 3. The van der Waals surface area contributed by atoms with Crippen molar-refractivity contribution in [3.63, 3.8) is 0 Å². The van der Waals surface area contributed by atoms with Crippen molar-refractivity contribution in [2.75, 3.05) is 0 Å². The minimum absolute atomic E-state index is 0.163. The van der Waals surface area contributed by atoms with E-state index in [9.17, 15) is 19.2 Å². The Kier molecular flexibility index (Phi) is 31.6. The summed E-state index contributed by atoms with van der Waals surface area (Å²) < 4.78 is 0. The van der Waals surface area contributed by atoms with Crippen molar-refractivity contribution < 1.29 is 19.2 Å². The van der Waals surface area contributed by atoms with Crippen LogP contribution >= 0.6 is 0 Å². The molecule has 0 saturated heterocycles. The fourth-order valence-electron chi connectivity index (χ4n) is 5.16. The molecule has 0 radical (unpaired) electrons. The van der Waals surface area contributed by atoms with Crippen LogP contribution < -0.4 is 5.73 Å². The van der Waals surface area contributed by atoms with E-state index in [1.165, 1.54) is 51.4 Å². The van der Waals surface area contributed by atoms with Crippen LogP contribution in [-0.4, -0.2) is 28.5 Å². The Balaban J connectivity index is 4.23. The molecule has 0 aromatic heterocycles. The third-order valence-corrected chi connectivity index (χ3v) is 8.02. The molecule has 0 aliphatic heterocycles. The molecule has 4 amide bonds. The van der Waals surface area contributed by atoms with Gasteiger partial charge in [0, 0.05) is 25.7 Å². The van der Waals surface area contributed by atoms with Gasteiger partial charge in [-0.3, -0.25) is 19.2 Å². The van der Waals surface area contributed by atoms with Crippen molar-refractivity contribution in [1.29, 1.82) is 0 Å².